The highest BCUT2D eigenvalue weighted by atomic mass is 16.6. The summed E-state index contributed by atoms with van der Waals surface area (Å²) in [5.74, 6) is -0.250. The van der Waals surface area contributed by atoms with Gasteiger partial charge in [0.1, 0.15) is 5.60 Å². The first kappa shape index (κ1) is 17.2. The average molecular weight is 254 g/mol. The first-order chi connectivity index (χ1) is 8.45. The maximum atomic E-state index is 11.6. The Bertz CT molecular complexity index is 258. The van der Waals surface area contributed by atoms with Crippen molar-refractivity contribution < 1.29 is 9.53 Å². The summed E-state index contributed by atoms with van der Waals surface area (Å²) < 4.78 is 5.61. The van der Waals surface area contributed by atoms with Crippen molar-refractivity contribution in [3.8, 4) is 0 Å². The predicted octanol–water partition coefficient (Wildman–Crippen LogP) is 5.03. The van der Waals surface area contributed by atoms with Crippen molar-refractivity contribution in [3.63, 3.8) is 0 Å². The van der Waals surface area contributed by atoms with E-state index in [4.69, 9.17) is 4.74 Å². The number of carbonyl (C=O) groups is 1. The number of esters is 1. The lowest BCUT2D eigenvalue weighted by Gasteiger charge is -2.29. The molecule has 0 rings (SSSR count). The predicted molar refractivity (Wildman–Crippen MR) is 77.6 cm³/mol. The van der Waals surface area contributed by atoms with Gasteiger partial charge in [0.15, 0.2) is 0 Å². The zero-order valence-corrected chi connectivity index (χ0v) is 12.7. The molecule has 0 N–H and O–H groups in total. The fourth-order valence-corrected chi connectivity index (χ4v) is 2.17. The largest absolute Gasteiger partial charge is 0.456 e. The minimum Gasteiger partial charge on any atom is -0.456 e. The van der Waals surface area contributed by atoms with Crippen molar-refractivity contribution in [2.24, 2.45) is 0 Å². The Hall–Kier alpha value is -0.790. The van der Waals surface area contributed by atoms with Crippen LogP contribution in [0, 0.1) is 0 Å². The molecule has 2 nitrogen and oxygen atoms in total. The molecule has 0 spiro atoms. The number of hydrogen-bond donors (Lipinski definition) is 0. The van der Waals surface area contributed by atoms with E-state index in [-0.39, 0.29) is 11.6 Å². The summed E-state index contributed by atoms with van der Waals surface area (Å²) in [7, 11) is 0. The van der Waals surface area contributed by atoms with E-state index in [0.29, 0.717) is 5.57 Å². The highest BCUT2D eigenvalue weighted by Gasteiger charge is 2.27. The number of ether oxygens (including phenoxy) is 1. The van der Waals surface area contributed by atoms with Crippen LogP contribution in [0.4, 0.5) is 0 Å². The summed E-state index contributed by atoms with van der Waals surface area (Å²) in [6.07, 6.45) is 9.15. The molecule has 0 aliphatic carbocycles. The Balaban J connectivity index is 4.16. The van der Waals surface area contributed by atoms with Gasteiger partial charge < -0.3 is 4.74 Å². The van der Waals surface area contributed by atoms with Crippen LogP contribution in [0.5, 0.6) is 0 Å². The van der Waals surface area contributed by atoms with Gasteiger partial charge in [-0.1, -0.05) is 52.5 Å². The fourth-order valence-electron chi connectivity index (χ4n) is 2.17. The summed E-state index contributed by atoms with van der Waals surface area (Å²) in [6.45, 7) is 11.7. The summed E-state index contributed by atoms with van der Waals surface area (Å²) in [5, 5.41) is 0. The third-order valence-electron chi connectivity index (χ3n) is 3.28. The van der Waals surface area contributed by atoms with Gasteiger partial charge in [0, 0.05) is 5.57 Å². The Morgan fingerprint density at radius 1 is 1.06 bits per heavy atom. The smallest absolute Gasteiger partial charge is 0.333 e. The molecule has 0 fully saturated rings. The van der Waals surface area contributed by atoms with E-state index in [1.807, 2.05) is 0 Å². The van der Waals surface area contributed by atoms with Gasteiger partial charge in [-0.05, 0) is 33.1 Å². The van der Waals surface area contributed by atoms with Gasteiger partial charge in [-0.25, -0.2) is 4.79 Å². The summed E-state index contributed by atoms with van der Waals surface area (Å²) in [4.78, 5) is 11.6. The normalized spacial score (nSPS) is 14.0. The van der Waals surface area contributed by atoms with Crippen LogP contribution in [0.3, 0.4) is 0 Å². The number of rotatable bonds is 10. The van der Waals surface area contributed by atoms with Crippen LogP contribution < -0.4 is 0 Å². The third kappa shape index (κ3) is 7.52. The molecule has 0 heterocycles. The molecule has 106 valence electrons. The monoisotopic (exact) mass is 254 g/mol. The topological polar surface area (TPSA) is 26.3 Å². The molecular weight excluding hydrogens is 224 g/mol. The van der Waals surface area contributed by atoms with Gasteiger partial charge in [-0.15, -0.1) is 0 Å². The van der Waals surface area contributed by atoms with E-state index in [2.05, 4.69) is 27.4 Å². The Labute approximate surface area is 113 Å². The van der Waals surface area contributed by atoms with E-state index in [0.717, 1.165) is 25.7 Å². The molecule has 18 heavy (non-hydrogen) atoms. The summed E-state index contributed by atoms with van der Waals surface area (Å²) in [5.41, 5.74) is 0.181. The van der Waals surface area contributed by atoms with Crippen LogP contribution in [-0.4, -0.2) is 11.6 Å². The van der Waals surface area contributed by atoms with Gasteiger partial charge in [0.25, 0.3) is 0 Å². The van der Waals surface area contributed by atoms with E-state index in [1.165, 1.54) is 25.7 Å². The van der Waals surface area contributed by atoms with Crippen molar-refractivity contribution >= 4 is 5.97 Å². The minimum absolute atomic E-state index is 0.250. The maximum absolute atomic E-state index is 11.6. The van der Waals surface area contributed by atoms with E-state index in [9.17, 15) is 4.79 Å². The molecule has 2 heteroatoms. The molecule has 0 aliphatic heterocycles. The highest BCUT2D eigenvalue weighted by molar-refractivity contribution is 5.87. The molecule has 0 aromatic rings. The Kier molecular flexibility index (Phi) is 8.78. The second kappa shape index (κ2) is 9.18. The molecule has 0 bridgehead atoms. The van der Waals surface area contributed by atoms with Crippen LogP contribution in [-0.2, 0) is 9.53 Å². The molecule has 0 amide bonds. The van der Waals surface area contributed by atoms with Gasteiger partial charge in [-0.3, -0.25) is 0 Å². The highest BCUT2D eigenvalue weighted by Crippen LogP contribution is 2.26. The van der Waals surface area contributed by atoms with Gasteiger partial charge in [0.2, 0.25) is 0 Å². The quantitative estimate of drug-likeness (QED) is 0.311. The van der Waals surface area contributed by atoms with E-state index in [1.54, 1.807) is 6.92 Å². The first-order valence-electron chi connectivity index (χ1n) is 7.34. The molecule has 1 atom stereocenters. The molecule has 0 aliphatic rings. The molecule has 0 saturated carbocycles. The first-order valence-corrected chi connectivity index (χ1v) is 7.34. The second-order valence-corrected chi connectivity index (χ2v) is 5.53. The van der Waals surface area contributed by atoms with Crippen molar-refractivity contribution in [1.82, 2.24) is 0 Å². The van der Waals surface area contributed by atoms with Crippen molar-refractivity contribution in [2.45, 2.75) is 84.7 Å². The zero-order valence-electron chi connectivity index (χ0n) is 12.7. The minimum atomic E-state index is -0.309. The second-order valence-electron chi connectivity index (χ2n) is 5.53. The molecule has 0 saturated heterocycles. The number of unbranched alkanes of at least 4 members (excludes halogenated alkanes) is 4. The Morgan fingerprint density at radius 2 is 1.67 bits per heavy atom. The molecule has 0 aromatic carbocycles. The summed E-state index contributed by atoms with van der Waals surface area (Å²) >= 11 is 0. The number of hydrogen-bond acceptors (Lipinski definition) is 2. The average Bonchev–Trinajstić information content (AvgIpc) is 2.28. The van der Waals surface area contributed by atoms with Crippen molar-refractivity contribution in [3.05, 3.63) is 12.2 Å². The van der Waals surface area contributed by atoms with Crippen molar-refractivity contribution in [1.29, 1.82) is 0 Å². The molecule has 1 unspecified atom stereocenters. The fraction of sp³-hybridized carbons (Fsp3) is 0.812. The van der Waals surface area contributed by atoms with Gasteiger partial charge in [-0.2, -0.15) is 0 Å². The standard InChI is InChI=1S/C16H30O2/c1-6-8-9-10-11-13-16(5,12-7-2)18-15(17)14(3)4/h3,6-13H2,1-2,4-5H3. The summed E-state index contributed by atoms with van der Waals surface area (Å²) in [6, 6.07) is 0. The van der Waals surface area contributed by atoms with Crippen LogP contribution in [0.2, 0.25) is 0 Å². The molecule has 0 radical (unpaired) electrons. The lowest BCUT2D eigenvalue weighted by atomic mass is 9.92. The third-order valence-corrected chi connectivity index (χ3v) is 3.28. The van der Waals surface area contributed by atoms with Crippen LogP contribution >= 0.6 is 0 Å². The maximum Gasteiger partial charge on any atom is 0.333 e. The number of carbonyl (C=O) groups excluding carboxylic acids is 1. The van der Waals surface area contributed by atoms with Crippen LogP contribution in [0.1, 0.15) is 79.1 Å². The molecule has 0 aromatic heterocycles. The van der Waals surface area contributed by atoms with E-state index < -0.39 is 0 Å². The zero-order chi connectivity index (χ0) is 14.0. The van der Waals surface area contributed by atoms with Gasteiger partial charge >= 0.3 is 5.97 Å². The Morgan fingerprint density at radius 3 is 2.17 bits per heavy atom. The van der Waals surface area contributed by atoms with Crippen molar-refractivity contribution in [2.75, 3.05) is 0 Å². The van der Waals surface area contributed by atoms with Crippen LogP contribution in [0.15, 0.2) is 12.2 Å². The van der Waals surface area contributed by atoms with Crippen LogP contribution in [0.25, 0.3) is 0 Å². The SMILES string of the molecule is C=C(C)C(=O)OC(C)(CCC)CCCCCCC. The van der Waals surface area contributed by atoms with E-state index >= 15 is 0 Å². The van der Waals surface area contributed by atoms with Gasteiger partial charge in [0.05, 0.1) is 0 Å². The lowest BCUT2D eigenvalue weighted by Crippen LogP contribution is -2.32. The molecular formula is C16H30O2. The lowest BCUT2D eigenvalue weighted by molar-refractivity contribution is -0.154.